The van der Waals surface area contributed by atoms with Gasteiger partial charge in [-0.15, -0.1) is 21.5 Å². The molecule has 4 aromatic rings. The summed E-state index contributed by atoms with van der Waals surface area (Å²) in [7, 11) is 0. The van der Waals surface area contributed by atoms with Crippen LogP contribution in [0.4, 0.5) is 11.5 Å². The molecule has 6 rings (SSSR count). The Hall–Kier alpha value is -5.61. The Kier molecular flexibility index (Phi) is 13.3. The van der Waals surface area contributed by atoms with Gasteiger partial charge in [-0.2, -0.15) is 0 Å². The van der Waals surface area contributed by atoms with Crippen molar-refractivity contribution in [2.75, 3.05) is 30.3 Å². The van der Waals surface area contributed by atoms with Crippen LogP contribution in [0.5, 0.6) is 5.75 Å². The van der Waals surface area contributed by atoms with Gasteiger partial charge in [-0.3, -0.25) is 19.2 Å². The number of rotatable bonds is 13. The van der Waals surface area contributed by atoms with Crippen molar-refractivity contribution < 1.29 is 29.4 Å². The minimum absolute atomic E-state index is 0.0204. The molecule has 7 N–H and O–H groups in total. The second-order valence-corrected chi connectivity index (χ2v) is 17.0. The fourth-order valence-electron chi connectivity index (χ4n) is 7.45. The van der Waals surface area contributed by atoms with E-state index in [1.54, 1.807) is 29.5 Å². The first kappa shape index (κ1) is 42.0. The van der Waals surface area contributed by atoms with Crippen LogP contribution in [0.25, 0.3) is 21.7 Å². The molecule has 0 aliphatic carbocycles. The number of aromatic hydroxyl groups is 1. The topological polar surface area (TPSA) is 216 Å². The molecule has 2 aliphatic rings. The predicted octanol–water partition coefficient (Wildman–Crippen LogP) is 3.93. The van der Waals surface area contributed by atoms with Crippen LogP contribution in [0.1, 0.15) is 70.6 Å². The molecule has 0 saturated carbocycles. The molecule has 308 valence electrons. The van der Waals surface area contributed by atoms with Crippen LogP contribution in [0.3, 0.4) is 0 Å². The number of aryl methyl sites for hydroxylation is 1. The van der Waals surface area contributed by atoms with Crippen LogP contribution in [0.15, 0.2) is 60.1 Å². The number of aliphatic hydroxyl groups excluding tert-OH is 1. The molecule has 0 radical (unpaired) electrons. The van der Waals surface area contributed by atoms with Crippen LogP contribution in [-0.4, -0.2) is 97.8 Å². The number of carbonyl (C=O) groups excluding carboxylic acids is 4. The molecule has 2 saturated heterocycles. The summed E-state index contributed by atoms with van der Waals surface area (Å²) in [6.07, 6.45) is 1.04. The van der Waals surface area contributed by atoms with Gasteiger partial charge >= 0.3 is 0 Å². The van der Waals surface area contributed by atoms with Gasteiger partial charge in [0.15, 0.2) is 5.82 Å². The number of piperidine rings is 1. The number of nitrogens with two attached hydrogens (primary N) is 1. The maximum atomic E-state index is 14.0. The molecular formula is C42H53N9O6S. The number of thiazole rings is 1. The molecule has 2 aromatic heterocycles. The zero-order valence-electron chi connectivity index (χ0n) is 33.4. The lowest BCUT2D eigenvalue weighted by molar-refractivity contribution is -0.144. The van der Waals surface area contributed by atoms with E-state index in [4.69, 9.17) is 5.73 Å². The van der Waals surface area contributed by atoms with E-state index in [1.165, 1.54) is 4.90 Å². The standard InChI is InChI=1S/C42H53N9O6S/c1-25-37(58-24-45-25)27-14-12-26(13-15-27)22-44-40(56)33-20-29(52)23-51(33)41(57)38(42(2,3)4)47-36(55)11-7-10-35(54)46-28-16-18-50(19-17-28)32-21-31(48-49-39(32)43)30-8-5-6-9-34(30)53/h5-6,8-9,12-15,21,24,28-29,33,38,52-53H,7,10-11,16-20,22-23H2,1-4H3,(H2,43,49)(H,44,56)(H,46,54)(H,47,55)/t29-,33+,38-/m1/s1. The van der Waals surface area contributed by atoms with Gasteiger partial charge in [-0.1, -0.05) is 57.2 Å². The highest BCUT2D eigenvalue weighted by molar-refractivity contribution is 7.13. The molecule has 2 aromatic carbocycles. The molecule has 3 atom stereocenters. The number of aromatic nitrogens is 3. The van der Waals surface area contributed by atoms with E-state index >= 15 is 0 Å². The third-order valence-electron chi connectivity index (χ3n) is 10.7. The lowest BCUT2D eigenvalue weighted by Crippen LogP contribution is -2.57. The molecule has 0 unspecified atom stereocenters. The van der Waals surface area contributed by atoms with Gasteiger partial charge in [-0.05, 0) is 60.9 Å². The zero-order chi connectivity index (χ0) is 41.6. The van der Waals surface area contributed by atoms with Crippen molar-refractivity contribution in [2.24, 2.45) is 5.41 Å². The smallest absolute Gasteiger partial charge is 0.246 e. The van der Waals surface area contributed by atoms with Crippen molar-refractivity contribution in [2.45, 2.75) is 97.0 Å². The molecule has 4 heterocycles. The second kappa shape index (κ2) is 18.3. The van der Waals surface area contributed by atoms with E-state index in [1.807, 2.05) is 69.6 Å². The maximum Gasteiger partial charge on any atom is 0.246 e. The van der Waals surface area contributed by atoms with Crippen LogP contribution in [0.2, 0.25) is 0 Å². The van der Waals surface area contributed by atoms with Crippen molar-refractivity contribution in [3.8, 4) is 27.4 Å². The highest BCUT2D eigenvalue weighted by Crippen LogP contribution is 2.33. The van der Waals surface area contributed by atoms with Crippen molar-refractivity contribution >= 4 is 46.5 Å². The first-order valence-electron chi connectivity index (χ1n) is 19.7. The highest BCUT2D eigenvalue weighted by atomic mass is 32.1. The average Bonchev–Trinajstić information content (AvgIpc) is 3.81. The first-order valence-corrected chi connectivity index (χ1v) is 20.6. The summed E-state index contributed by atoms with van der Waals surface area (Å²) in [4.78, 5) is 62.4. The lowest BCUT2D eigenvalue weighted by Gasteiger charge is -2.35. The van der Waals surface area contributed by atoms with Crippen LogP contribution >= 0.6 is 11.3 Å². The molecular weight excluding hydrogens is 759 g/mol. The lowest BCUT2D eigenvalue weighted by atomic mass is 9.85. The molecule has 0 spiro atoms. The fourth-order valence-corrected chi connectivity index (χ4v) is 8.27. The van der Waals surface area contributed by atoms with Crippen molar-refractivity contribution in [3.05, 3.63) is 71.4 Å². The van der Waals surface area contributed by atoms with Gasteiger partial charge in [0, 0.05) is 57.0 Å². The Morgan fingerprint density at radius 1 is 1.00 bits per heavy atom. The molecule has 4 amide bonds. The Morgan fingerprint density at radius 3 is 2.38 bits per heavy atom. The quantitative estimate of drug-likeness (QED) is 0.114. The number of phenolic OH excluding ortho intramolecular Hbond substituents is 1. The van der Waals surface area contributed by atoms with Crippen LogP contribution in [0, 0.1) is 12.3 Å². The van der Waals surface area contributed by atoms with Gasteiger partial charge in [0.1, 0.15) is 17.8 Å². The Labute approximate surface area is 342 Å². The summed E-state index contributed by atoms with van der Waals surface area (Å²) in [6, 6.07) is 14.7. The minimum atomic E-state index is -0.957. The predicted molar refractivity (Wildman–Crippen MR) is 222 cm³/mol. The summed E-state index contributed by atoms with van der Waals surface area (Å²) in [5.74, 6) is -0.963. The number of hydrogen-bond acceptors (Lipinski definition) is 12. The number of aliphatic hydroxyl groups is 1. The molecule has 15 nitrogen and oxygen atoms in total. The number of carbonyl (C=O) groups is 4. The number of amides is 4. The summed E-state index contributed by atoms with van der Waals surface area (Å²) in [5.41, 5.74) is 12.0. The van der Waals surface area contributed by atoms with E-state index in [2.05, 4.69) is 36.0 Å². The molecule has 58 heavy (non-hydrogen) atoms. The first-order chi connectivity index (χ1) is 27.7. The van der Waals surface area contributed by atoms with E-state index in [9.17, 15) is 29.4 Å². The van der Waals surface area contributed by atoms with Gasteiger partial charge in [0.05, 0.1) is 33.6 Å². The SMILES string of the molecule is Cc1ncsc1-c1ccc(CNC(=O)[C@@H]2C[C@@H](O)CN2C(=O)[C@@H](NC(=O)CCCC(=O)NC2CCN(c3cc(-c4ccccc4O)nnc3N)CC2)C(C)(C)C)cc1. The number of likely N-dealkylation sites (tertiary alicyclic amines) is 1. The van der Waals surface area contributed by atoms with E-state index in [-0.39, 0.29) is 74.1 Å². The van der Waals surface area contributed by atoms with E-state index < -0.39 is 29.5 Å². The number of hydrogen-bond donors (Lipinski definition) is 6. The summed E-state index contributed by atoms with van der Waals surface area (Å²) >= 11 is 1.57. The number of phenols is 1. The number of nitrogens with one attached hydrogen (secondary N) is 3. The maximum absolute atomic E-state index is 14.0. The largest absolute Gasteiger partial charge is 0.507 e. The molecule has 2 fully saturated rings. The third-order valence-corrected chi connectivity index (χ3v) is 11.7. The van der Waals surface area contributed by atoms with E-state index in [0.717, 1.165) is 27.4 Å². The number of anilines is 2. The van der Waals surface area contributed by atoms with Crippen molar-refractivity contribution in [3.63, 3.8) is 0 Å². The van der Waals surface area contributed by atoms with Crippen molar-refractivity contribution in [1.29, 1.82) is 0 Å². The average molecular weight is 812 g/mol. The minimum Gasteiger partial charge on any atom is -0.507 e. The normalized spacial score (nSPS) is 17.8. The van der Waals surface area contributed by atoms with Crippen LogP contribution in [-0.2, 0) is 25.7 Å². The van der Waals surface area contributed by atoms with Gasteiger partial charge < -0.3 is 41.7 Å². The number of nitrogen functional groups attached to an aromatic ring is 1. The van der Waals surface area contributed by atoms with Gasteiger partial charge in [-0.25, -0.2) is 4.98 Å². The second-order valence-electron chi connectivity index (χ2n) is 16.1. The summed E-state index contributed by atoms with van der Waals surface area (Å²) in [5, 5.41) is 38.0. The summed E-state index contributed by atoms with van der Waals surface area (Å²) in [6.45, 7) is 8.95. The number of para-hydroxylation sites is 1. The number of β-amino-alcohol motifs (C(OH)–C–C–N with tert-alkyl or cyclic N) is 1. The number of benzene rings is 2. The molecule has 2 aliphatic heterocycles. The van der Waals surface area contributed by atoms with Crippen molar-refractivity contribution in [1.82, 2.24) is 36.0 Å². The molecule has 0 bridgehead atoms. The Morgan fingerprint density at radius 2 is 1.71 bits per heavy atom. The van der Waals surface area contributed by atoms with Gasteiger partial charge in [0.25, 0.3) is 0 Å². The fraction of sp³-hybridized carbons (Fsp3) is 0.452. The van der Waals surface area contributed by atoms with E-state index in [0.29, 0.717) is 37.2 Å². The third kappa shape index (κ3) is 10.3. The highest BCUT2D eigenvalue weighted by Gasteiger charge is 2.44. The Balaban J connectivity index is 0.955. The monoisotopic (exact) mass is 811 g/mol. The Bertz CT molecular complexity index is 2090. The number of nitrogens with zero attached hydrogens (tertiary/aromatic N) is 5. The summed E-state index contributed by atoms with van der Waals surface area (Å²) < 4.78 is 0. The van der Waals surface area contributed by atoms with Crippen LogP contribution < -0.4 is 26.6 Å². The van der Waals surface area contributed by atoms with Gasteiger partial charge in [0.2, 0.25) is 23.6 Å². The molecule has 16 heteroatoms. The zero-order valence-corrected chi connectivity index (χ0v) is 34.2.